The third kappa shape index (κ3) is 3.30. The second kappa shape index (κ2) is 6.25. The number of para-hydroxylation sites is 1. The summed E-state index contributed by atoms with van der Waals surface area (Å²) in [6, 6.07) is 10.0. The van der Waals surface area contributed by atoms with Crippen molar-refractivity contribution in [1.82, 2.24) is 0 Å². The van der Waals surface area contributed by atoms with Gasteiger partial charge in [0.2, 0.25) is 0 Å². The molecule has 0 aliphatic carbocycles. The van der Waals surface area contributed by atoms with Gasteiger partial charge in [-0.3, -0.25) is 0 Å². The quantitative estimate of drug-likeness (QED) is 0.936. The molecule has 0 amide bonds. The Hall–Kier alpha value is -2.58. The minimum atomic E-state index is -1.20. The molecule has 0 aliphatic heterocycles. The highest BCUT2D eigenvalue weighted by atomic mass is 35.5. The molecule has 2 aromatic rings. The Kier molecular flexibility index (Phi) is 4.41. The summed E-state index contributed by atoms with van der Waals surface area (Å²) < 4.78 is 19.0. The third-order valence-corrected chi connectivity index (χ3v) is 3.04. The summed E-state index contributed by atoms with van der Waals surface area (Å²) in [6.07, 6.45) is 0. The van der Waals surface area contributed by atoms with Crippen molar-refractivity contribution in [2.45, 2.75) is 6.61 Å². The number of halogens is 2. The molecule has 0 unspecified atom stereocenters. The lowest BCUT2D eigenvalue weighted by molar-refractivity contribution is 0.0691. The van der Waals surface area contributed by atoms with Crippen molar-refractivity contribution in [3.63, 3.8) is 0 Å². The summed E-state index contributed by atoms with van der Waals surface area (Å²) in [4.78, 5) is 11.1. The van der Waals surface area contributed by atoms with E-state index in [1.165, 1.54) is 30.3 Å². The molecule has 0 aromatic heterocycles. The summed E-state index contributed by atoms with van der Waals surface area (Å²) in [6.45, 7) is -0.231. The number of aromatic carboxylic acids is 1. The summed E-state index contributed by atoms with van der Waals surface area (Å²) >= 11 is 5.90. The third-order valence-electron chi connectivity index (χ3n) is 2.74. The van der Waals surface area contributed by atoms with Gasteiger partial charge >= 0.3 is 5.97 Å². The number of hydrogen-bond acceptors (Lipinski definition) is 3. The van der Waals surface area contributed by atoms with Crippen LogP contribution in [0.25, 0.3) is 0 Å². The first-order valence-electron chi connectivity index (χ1n) is 5.86. The molecule has 2 rings (SSSR count). The SMILES string of the molecule is N#Cc1ccc(F)c(COc2c(Cl)cccc2C(=O)O)c1. The van der Waals surface area contributed by atoms with Crippen LogP contribution < -0.4 is 4.74 Å². The molecule has 21 heavy (non-hydrogen) atoms. The highest BCUT2D eigenvalue weighted by Crippen LogP contribution is 2.29. The molecule has 0 heterocycles. The zero-order valence-electron chi connectivity index (χ0n) is 10.6. The van der Waals surface area contributed by atoms with Crippen molar-refractivity contribution < 1.29 is 19.0 Å². The molecule has 0 atom stereocenters. The lowest BCUT2D eigenvalue weighted by atomic mass is 10.1. The van der Waals surface area contributed by atoms with E-state index in [1.54, 1.807) is 0 Å². The summed E-state index contributed by atoms with van der Waals surface area (Å²) in [7, 11) is 0. The van der Waals surface area contributed by atoms with Crippen LogP contribution in [0, 0.1) is 17.1 Å². The maximum absolute atomic E-state index is 13.6. The number of carboxylic acids is 1. The van der Waals surface area contributed by atoms with Gasteiger partial charge < -0.3 is 9.84 Å². The zero-order valence-corrected chi connectivity index (χ0v) is 11.4. The van der Waals surface area contributed by atoms with Crippen molar-refractivity contribution in [2.75, 3.05) is 0 Å². The molecule has 0 aliphatic rings. The predicted molar refractivity (Wildman–Crippen MR) is 73.9 cm³/mol. The van der Waals surface area contributed by atoms with Crippen LogP contribution in [0.5, 0.6) is 5.75 Å². The van der Waals surface area contributed by atoms with Crippen LogP contribution in [0.3, 0.4) is 0 Å². The van der Waals surface area contributed by atoms with Crippen molar-refractivity contribution in [2.24, 2.45) is 0 Å². The van der Waals surface area contributed by atoms with E-state index in [0.717, 1.165) is 6.07 Å². The molecule has 0 radical (unpaired) electrons. The van der Waals surface area contributed by atoms with Crippen LogP contribution in [-0.4, -0.2) is 11.1 Å². The lowest BCUT2D eigenvalue weighted by Gasteiger charge is -2.11. The Morgan fingerprint density at radius 2 is 2.14 bits per heavy atom. The van der Waals surface area contributed by atoms with E-state index in [0.29, 0.717) is 0 Å². The van der Waals surface area contributed by atoms with Crippen LogP contribution in [0.1, 0.15) is 21.5 Å². The Morgan fingerprint density at radius 3 is 2.81 bits per heavy atom. The molecule has 4 nitrogen and oxygen atoms in total. The molecule has 0 fully saturated rings. The van der Waals surface area contributed by atoms with E-state index in [1.807, 2.05) is 6.07 Å². The summed E-state index contributed by atoms with van der Waals surface area (Å²) in [5.41, 5.74) is 0.317. The predicted octanol–water partition coefficient (Wildman–Crippen LogP) is 3.63. The van der Waals surface area contributed by atoms with Gasteiger partial charge in [0, 0.05) is 5.56 Å². The largest absolute Gasteiger partial charge is 0.486 e. The molecular weight excluding hydrogens is 297 g/mol. The number of carbonyl (C=O) groups is 1. The van der Waals surface area contributed by atoms with Gasteiger partial charge in [0.1, 0.15) is 18.0 Å². The Bertz CT molecular complexity index is 740. The average molecular weight is 306 g/mol. The highest BCUT2D eigenvalue weighted by Gasteiger charge is 2.15. The minimum Gasteiger partial charge on any atom is -0.486 e. The Labute approximate surface area is 125 Å². The molecule has 0 saturated heterocycles. The maximum Gasteiger partial charge on any atom is 0.339 e. The second-order valence-corrected chi connectivity index (χ2v) is 4.54. The van der Waals surface area contributed by atoms with Gasteiger partial charge in [0.25, 0.3) is 0 Å². The summed E-state index contributed by atoms with van der Waals surface area (Å²) in [5.74, 6) is -1.77. The first kappa shape index (κ1) is 14.8. The Morgan fingerprint density at radius 1 is 1.38 bits per heavy atom. The van der Waals surface area contributed by atoms with E-state index in [2.05, 4.69) is 0 Å². The van der Waals surface area contributed by atoms with Gasteiger partial charge in [0.05, 0.1) is 16.7 Å². The topological polar surface area (TPSA) is 70.3 Å². The number of ether oxygens (including phenoxy) is 1. The number of benzene rings is 2. The molecule has 106 valence electrons. The van der Waals surface area contributed by atoms with Gasteiger partial charge in [0.15, 0.2) is 5.75 Å². The number of hydrogen-bond donors (Lipinski definition) is 1. The summed E-state index contributed by atoms with van der Waals surface area (Å²) in [5, 5.41) is 18.0. The molecule has 6 heteroatoms. The van der Waals surface area contributed by atoms with Crippen LogP contribution in [-0.2, 0) is 6.61 Å². The van der Waals surface area contributed by atoms with Crippen molar-refractivity contribution in [1.29, 1.82) is 5.26 Å². The normalized spacial score (nSPS) is 9.95. The zero-order chi connectivity index (χ0) is 15.4. The van der Waals surface area contributed by atoms with Crippen LogP contribution in [0.4, 0.5) is 4.39 Å². The molecule has 1 N–H and O–H groups in total. The monoisotopic (exact) mass is 305 g/mol. The number of carboxylic acid groups (broad SMARTS) is 1. The van der Waals surface area contributed by atoms with E-state index in [-0.39, 0.29) is 34.1 Å². The number of nitrogens with zero attached hydrogens (tertiary/aromatic N) is 1. The maximum atomic E-state index is 13.6. The fourth-order valence-electron chi connectivity index (χ4n) is 1.73. The fraction of sp³-hybridized carbons (Fsp3) is 0.0667. The molecule has 0 saturated carbocycles. The molecule has 0 bridgehead atoms. The van der Waals surface area contributed by atoms with Gasteiger partial charge in [-0.05, 0) is 30.3 Å². The fourth-order valence-corrected chi connectivity index (χ4v) is 1.96. The standard InChI is InChI=1S/C15H9ClFNO3/c16-12-3-1-2-11(15(19)20)14(12)21-8-10-6-9(7-18)4-5-13(10)17/h1-6H,8H2,(H,19,20). The van der Waals surface area contributed by atoms with Gasteiger partial charge in [-0.2, -0.15) is 5.26 Å². The van der Waals surface area contributed by atoms with Crippen LogP contribution >= 0.6 is 11.6 Å². The van der Waals surface area contributed by atoms with Crippen LogP contribution in [0.2, 0.25) is 5.02 Å². The first-order chi connectivity index (χ1) is 10.0. The van der Waals surface area contributed by atoms with E-state index < -0.39 is 11.8 Å². The number of nitriles is 1. The van der Waals surface area contributed by atoms with Crippen LogP contribution in [0.15, 0.2) is 36.4 Å². The van der Waals surface area contributed by atoms with Crippen molar-refractivity contribution >= 4 is 17.6 Å². The van der Waals surface area contributed by atoms with Crippen molar-refractivity contribution in [3.05, 3.63) is 63.9 Å². The van der Waals surface area contributed by atoms with E-state index in [4.69, 9.17) is 26.7 Å². The molecule has 0 spiro atoms. The smallest absolute Gasteiger partial charge is 0.339 e. The van der Waals surface area contributed by atoms with E-state index in [9.17, 15) is 9.18 Å². The first-order valence-corrected chi connectivity index (χ1v) is 6.24. The van der Waals surface area contributed by atoms with Gasteiger partial charge in [-0.25, -0.2) is 9.18 Å². The molecule has 2 aromatic carbocycles. The average Bonchev–Trinajstić information content (AvgIpc) is 2.47. The lowest BCUT2D eigenvalue weighted by Crippen LogP contribution is -2.05. The molecular formula is C15H9ClFNO3. The van der Waals surface area contributed by atoms with E-state index >= 15 is 0 Å². The number of rotatable bonds is 4. The van der Waals surface area contributed by atoms with Crippen molar-refractivity contribution in [3.8, 4) is 11.8 Å². The second-order valence-electron chi connectivity index (χ2n) is 4.13. The Balaban J connectivity index is 2.29. The minimum absolute atomic E-state index is 0.0339. The van der Waals surface area contributed by atoms with Gasteiger partial charge in [-0.15, -0.1) is 0 Å². The van der Waals surface area contributed by atoms with Gasteiger partial charge in [-0.1, -0.05) is 17.7 Å². The highest BCUT2D eigenvalue weighted by molar-refractivity contribution is 6.32.